The average Bonchev–Trinajstić information content (AvgIpc) is 3.26. The largest absolute Gasteiger partial charge is 0.371 e. The number of hydrazine groups is 1. The van der Waals surface area contributed by atoms with Crippen LogP contribution >= 0.6 is 0 Å². The second-order valence-electron chi connectivity index (χ2n) is 9.10. The first-order valence-corrected chi connectivity index (χ1v) is 11.8. The number of rotatable bonds is 8. The Morgan fingerprint density at radius 2 is 2.03 bits per heavy atom. The summed E-state index contributed by atoms with van der Waals surface area (Å²) < 4.78 is 0. The number of nitro benzene ring substituents is 1. The Morgan fingerprint density at radius 1 is 1.21 bits per heavy atom. The van der Waals surface area contributed by atoms with Gasteiger partial charge in [0.25, 0.3) is 11.6 Å². The average molecular weight is 453 g/mol. The molecule has 2 heterocycles. The van der Waals surface area contributed by atoms with E-state index in [-0.39, 0.29) is 29.4 Å². The summed E-state index contributed by atoms with van der Waals surface area (Å²) in [7, 11) is 0. The Balaban J connectivity index is 1.36. The molecule has 1 saturated carbocycles. The first-order valence-electron chi connectivity index (χ1n) is 11.8. The molecule has 2 fully saturated rings. The molecule has 9 nitrogen and oxygen atoms in total. The van der Waals surface area contributed by atoms with Crippen molar-refractivity contribution in [3.05, 3.63) is 64.0 Å². The molecular formula is C24H32N6O3. The van der Waals surface area contributed by atoms with E-state index in [4.69, 9.17) is 0 Å². The van der Waals surface area contributed by atoms with E-state index in [1.165, 1.54) is 38.2 Å². The zero-order valence-corrected chi connectivity index (χ0v) is 18.9. The highest BCUT2D eigenvalue weighted by Gasteiger charge is 2.28. The molecule has 9 heteroatoms. The molecular weight excluding hydrogens is 420 g/mol. The quantitative estimate of drug-likeness (QED) is 0.352. The van der Waals surface area contributed by atoms with Crippen LogP contribution in [0.25, 0.3) is 0 Å². The fraction of sp³-hybridized carbons (Fsp3) is 0.500. The highest BCUT2D eigenvalue weighted by molar-refractivity contribution is 5.96. The van der Waals surface area contributed by atoms with Crippen molar-refractivity contribution in [2.45, 2.75) is 70.1 Å². The first kappa shape index (κ1) is 23.1. The molecule has 33 heavy (non-hydrogen) atoms. The minimum atomic E-state index is -0.472. The van der Waals surface area contributed by atoms with Gasteiger partial charge in [0.1, 0.15) is 5.69 Å². The van der Waals surface area contributed by atoms with Crippen LogP contribution < -0.4 is 21.5 Å². The second-order valence-corrected chi connectivity index (χ2v) is 9.10. The summed E-state index contributed by atoms with van der Waals surface area (Å²) in [5, 5.41) is 17.8. The number of nitrogens with one attached hydrogen (secondary N) is 4. The highest BCUT2D eigenvalue weighted by Crippen LogP contribution is 2.30. The molecule has 1 saturated heterocycles. The van der Waals surface area contributed by atoms with Crippen LogP contribution in [0.5, 0.6) is 0 Å². The number of amides is 1. The predicted octanol–water partition coefficient (Wildman–Crippen LogP) is 4.06. The lowest BCUT2D eigenvalue weighted by molar-refractivity contribution is -0.384. The van der Waals surface area contributed by atoms with Gasteiger partial charge in [0.2, 0.25) is 0 Å². The Kier molecular flexibility index (Phi) is 7.51. The fourth-order valence-corrected chi connectivity index (χ4v) is 4.82. The van der Waals surface area contributed by atoms with Crippen molar-refractivity contribution in [1.29, 1.82) is 0 Å². The number of carbonyl (C=O) groups is 1. The number of nitro groups is 1. The van der Waals surface area contributed by atoms with Crippen LogP contribution in [-0.4, -0.2) is 28.0 Å². The third-order valence-corrected chi connectivity index (χ3v) is 6.59. The first-order chi connectivity index (χ1) is 16.0. The molecule has 1 aromatic carbocycles. The van der Waals surface area contributed by atoms with Crippen molar-refractivity contribution in [3.8, 4) is 0 Å². The van der Waals surface area contributed by atoms with Crippen LogP contribution in [0.4, 0.5) is 11.4 Å². The molecule has 4 N–H and O–H groups in total. The minimum Gasteiger partial charge on any atom is -0.371 e. The molecule has 1 aliphatic carbocycles. The van der Waals surface area contributed by atoms with Crippen LogP contribution in [-0.2, 0) is 0 Å². The number of pyridine rings is 1. The van der Waals surface area contributed by atoms with E-state index in [2.05, 4.69) is 26.5 Å². The lowest BCUT2D eigenvalue weighted by atomic mass is 9.84. The van der Waals surface area contributed by atoms with Crippen molar-refractivity contribution in [1.82, 2.24) is 21.2 Å². The molecule has 0 bridgehead atoms. The molecule has 0 spiro atoms. The van der Waals surface area contributed by atoms with Gasteiger partial charge in [0.15, 0.2) is 0 Å². The normalized spacial score (nSPS) is 22.0. The van der Waals surface area contributed by atoms with Gasteiger partial charge in [-0.15, -0.1) is 0 Å². The molecule has 176 valence electrons. The van der Waals surface area contributed by atoms with E-state index < -0.39 is 4.92 Å². The Morgan fingerprint density at radius 3 is 2.76 bits per heavy atom. The molecule has 1 aromatic heterocycles. The Labute approximate surface area is 193 Å². The van der Waals surface area contributed by atoms with E-state index in [1.54, 1.807) is 18.3 Å². The van der Waals surface area contributed by atoms with Crippen LogP contribution in [0, 0.1) is 16.0 Å². The summed E-state index contributed by atoms with van der Waals surface area (Å²) in [4.78, 5) is 28.3. The standard InChI is InChI=1S/C24H32N6O3/c1-16(20-9-5-6-12-25-20)26-21-11-10-18(14-22(21)30(32)33)24(31)27-23-15-19(28-29-23)13-17-7-3-2-4-8-17/h5-6,9-12,14,16-17,19,23,26,28-29H,2-4,7-8,13,15H2,1H3,(H,27,31). The third-order valence-electron chi connectivity index (χ3n) is 6.59. The molecule has 2 aliphatic rings. The van der Waals surface area contributed by atoms with Crippen LogP contribution in [0.3, 0.4) is 0 Å². The van der Waals surface area contributed by atoms with E-state index in [9.17, 15) is 14.9 Å². The topological polar surface area (TPSA) is 121 Å². The predicted molar refractivity (Wildman–Crippen MR) is 126 cm³/mol. The van der Waals surface area contributed by atoms with Crippen molar-refractivity contribution in [3.63, 3.8) is 0 Å². The maximum atomic E-state index is 12.8. The second kappa shape index (κ2) is 10.7. The summed E-state index contributed by atoms with van der Waals surface area (Å²) in [6.07, 6.45) is 9.94. The van der Waals surface area contributed by atoms with Crippen LogP contribution in [0.1, 0.15) is 74.0 Å². The number of anilines is 1. The lowest BCUT2D eigenvalue weighted by Gasteiger charge is -2.24. The van der Waals surface area contributed by atoms with E-state index in [1.807, 2.05) is 25.1 Å². The van der Waals surface area contributed by atoms with Crippen LogP contribution in [0.15, 0.2) is 42.6 Å². The SMILES string of the molecule is CC(Nc1ccc(C(=O)NC2CC(CC3CCCCC3)NN2)cc1[N+](=O)[O-])c1ccccn1. The van der Waals surface area contributed by atoms with Gasteiger partial charge in [0, 0.05) is 23.9 Å². The number of benzene rings is 1. The van der Waals surface area contributed by atoms with Gasteiger partial charge in [-0.05, 0) is 49.9 Å². The maximum absolute atomic E-state index is 12.8. The molecule has 1 amide bonds. The molecule has 0 radical (unpaired) electrons. The van der Waals surface area contributed by atoms with Crippen molar-refractivity contribution in [2.24, 2.45) is 5.92 Å². The lowest BCUT2D eigenvalue weighted by Crippen LogP contribution is -2.44. The van der Waals surface area contributed by atoms with Crippen molar-refractivity contribution < 1.29 is 9.72 Å². The third kappa shape index (κ3) is 6.06. The molecule has 1 aliphatic heterocycles. The summed E-state index contributed by atoms with van der Waals surface area (Å²) in [5.41, 5.74) is 7.70. The molecule has 3 unspecified atom stereocenters. The number of hydrogen-bond acceptors (Lipinski definition) is 7. The number of hydrogen-bond donors (Lipinski definition) is 4. The monoisotopic (exact) mass is 452 g/mol. The van der Waals surface area contributed by atoms with Gasteiger partial charge in [0.05, 0.1) is 22.8 Å². The number of aromatic nitrogens is 1. The van der Waals surface area contributed by atoms with Crippen LogP contribution in [0.2, 0.25) is 0 Å². The molecule has 2 aromatic rings. The Hall–Kier alpha value is -3.04. The van der Waals surface area contributed by atoms with Gasteiger partial charge in [-0.3, -0.25) is 25.3 Å². The minimum absolute atomic E-state index is 0.141. The van der Waals surface area contributed by atoms with Gasteiger partial charge < -0.3 is 10.6 Å². The Bertz CT molecular complexity index is 964. The summed E-state index contributed by atoms with van der Waals surface area (Å²) in [6.45, 7) is 1.88. The zero-order chi connectivity index (χ0) is 23.2. The zero-order valence-electron chi connectivity index (χ0n) is 18.9. The molecule has 3 atom stereocenters. The number of nitrogens with zero attached hydrogens (tertiary/aromatic N) is 2. The van der Waals surface area contributed by atoms with Crippen molar-refractivity contribution >= 4 is 17.3 Å². The maximum Gasteiger partial charge on any atom is 0.293 e. The summed E-state index contributed by atoms with van der Waals surface area (Å²) in [6, 6.07) is 10.2. The van der Waals surface area contributed by atoms with Crippen molar-refractivity contribution in [2.75, 3.05) is 5.32 Å². The smallest absolute Gasteiger partial charge is 0.293 e. The molecule has 4 rings (SSSR count). The summed E-state index contributed by atoms with van der Waals surface area (Å²) >= 11 is 0. The van der Waals surface area contributed by atoms with Gasteiger partial charge >= 0.3 is 0 Å². The van der Waals surface area contributed by atoms with E-state index in [0.29, 0.717) is 11.7 Å². The van der Waals surface area contributed by atoms with E-state index >= 15 is 0 Å². The van der Waals surface area contributed by atoms with E-state index in [0.717, 1.165) is 24.5 Å². The van der Waals surface area contributed by atoms with Gasteiger partial charge in [-0.1, -0.05) is 38.2 Å². The summed E-state index contributed by atoms with van der Waals surface area (Å²) in [5.74, 6) is 0.420. The van der Waals surface area contributed by atoms with Gasteiger partial charge in [-0.2, -0.15) is 0 Å². The number of carbonyl (C=O) groups excluding carboxylic acids is 1. The van der Waals surface area contributed by atoms with Gasteiger partial charge in [-0.25, -0.2) is 5.43 Å². The fourth-order valence-electron chi connectivity index (χ4n) is 4.82. The highest BCUT2D eigenvalue weighted by atomic mass is 16.6.